The van der Waals surface area contributed by atoms with Crippen LogP contribution in [0.15, 0.2) is 36.4 Å². The van der Waals surface area contributed by atoms with Crippen LogP contribution < -0.4 is 11.1 Å². The van der Waals surface area contributed by atoms with Crippen LogP contribution in [0.3, 0.4) is 0 Å². The summed E-state index contributed by atoms with van der Waals surface area (Å²) in [5.41, 5.74) is 10.2. The van der Waals surface area contributed by atoms with E-state index in [1.165, 1.54) is 11.1 Å². The van der Waals surface area contributed by atoms with Gasteiger partial charge in [-0.15, -0.1) is 0 Å². The number of nitrogens with one attached hydrogen (secondary N) is 1. The Hall–Kier alpha value is -1.38. The van der Waals surface area contributed by atoms with Crippen molar-refractivity contribution >= 4 is 34.6 Å². The van der Waals surface area contributed by atoms with Crippen molar-refractivity contribution in [3.05, 3.63) is 57.6 Å². The van der Waals surface area contributed by atoms with E-state index in [-0.39, 0.29) is 6.04 Å². The molecule has 1 unspecified atom stereocenters. The Morgan fingerprint density at radius 2 is 1.95 bits per heavy atom. The fourth-order valence-electron chi connectivity index (χ4n) is 2.58. The number of fused-ring (bicyclic) bond motifs is 1. The maximum atomic E-state index is 6.19. The van der Waals surface area contributed by atoms with E-state index in [4.69, 9.17) is 28.9 Å². The van der Waals surface area contributed by atoms with Crippen molar-refractivity contribution in [1.82, 2.24) is 0 Å². The molecule has 0 heterocycles. The van der Waals surface area contributed by atoms with Gasteiger partial charge in [-0.1, -0.05) is 29.3 Å². The number of halogens is 2. The van der Waals surface area contributed by atoms with Crippen LogP contribution in [0.2, 0.25) is 10.0 Å². The van der Waals surface area contributed by atoms with E-state index in [0.717, 1.165) is 24.2 Å². The van der Waals surface area contributed by atoms with Crippen LogP contribution in [-0.2, 0) is 6.42 Å². The molecule has 2 aromatic carbocycles. The molecule has 0 fully saturated rings. The van der Waals surface area contributed by atoms with Crippen molar-refractivity contribution in [2.75, 3.05) is 11.1 Å². The molecule has 4 heteroatoms. The van der Waals surface area contributed by atoms with Gasteiger partial charge in [0.15, 0.2) is 0 Å². The third kappa shape index (κ3) is 2.51. The predicted molar refractivity (Wildman–Crippen MR) is 82.0 cm³/mol. The Balaban J connectivity index is 1.86. The summed E-state index contributed by atoms with van der Waals surface area (Å²) in [7, 11) is 0. The van der Waals surface area contributed by atoms with Crippen LogP contribution >= 0.6 is 23.2 Å². The second-order valence-corrected chi connectivity index (χ2v) is 5.66. The van der Waals surface area contributed by atoms with Gasteiger partial charge in [-0.05, 0) is 54.3 Å². The van der Waals surface area contributed by atoms with Gasteiger partial charge in [0, 0.05) is 10.7 Å². The average Bonchev–Trinajstić information content (AvgIpc) is 2.75. The number of aryl methyl sites for hydroxylation is 1. The van der Waals surface area contributed by atoms with E-state index in [9.17, 15) is 0 Å². The molecule has 3 N–H and O–H groups in total. The van der Waals surface area contributed by atoms with Crippen molar-refractivity contribution in [3.63, 3.8) is 0 Å². The zero-order valence-corrected chi connectivity index (χ0v) is 11.8. The normalized spacial score (nSPS) is 17.3. The molecule has 0 bridgehead atoms. The molecule has 1 aliphatic carbocycles. The maximum absolute atomic E-state index is 6.19. The van der Waals surface area contributed by atoms with Gasteiger partial charge < -0.3 is 11.1 Å². The third-order valence-corrected chi connectivity index (χ3v) is 4.05. The lowest BCUT2D eigenvalue weighted by molar-refractivity contribution is 0.762. The first-order chi connectivity index (χ1) is 9.13. The summed E-state index contributed by atoms with van der Waals surface area (Å²) in [5, 5.41) is 4.78. The summed E-state index contributed by atoms with van der Waals surface area (Å²) in [6, 6.07) is 11.9. The lowest BCUT2D eigenvalue weighted by Crippen LogP contribution is -2.07. The molecule has 1 atom stereocenters. The lowest BCUT2D eigenvalue weighted by Gasteiger charge is -2.17. The number of hydrogen-bond acceptors (Lipinski definition) is 2. The van der Waals surface area contributed by atoms with Crippen LogP contribution in [0, 0.1) is 0 Å². The molecule has 0 radical (unpaired) electrons. The van der Waals surface area contributed by atoms with Crippen molar-refractivity contribution in [2.24, 2.45) is 0 Å². The van der Waals surface area contributed by atoms with Crippen LogP contribution in [-0.4, -0.2) is 0 Å². The van der Waals surface area contributed by atoms with E-state index in [2.05, 4.69) is 17.4 Å². The number of nitrogen functional groups attached to an aromatic ring is 1. The number of hydrogen-bond donors (Lipinski definition) is 2. The number of nitrogens with two attached hydrogens (primary N) is 1. The van der Waals surface area contributed by atoms with Crippen molar-refractivity contribution in [2.45, 2.75) is 18.9 Å². The first-order valence-electron chi connectivity index (χ1n) is 6.23. The topological polar surface area (TPSA) is 38.0 Å². The highest BCUT2D eigenvalue weighted by atomic mass is 35.5. The molecule has 0 aliphatic heterocycles. The number of anilines is 2. The minimum atomic E-state index is 0.286. The summed E-state index contributed by atoms with van der Waals surface area (Å²) in [5.74, 6) is 0. The van der Waals surface area contributed by atoms with E-state index in [1.54, 1.807) is 6.07 Å². The Bertz CT molecular complexity index is 626. The van der Waals surface area contributed by atoms with Crippen molar-refractivity contribution in [1.29, 1.82) is 0 Å². The first-order valence-corrected chi connectivity index (χ1v) is 6.99. The van der Waals surface area contributed by atoms with E-state index < -0.39 is 0 Å². The van der Waals surface area contributed by atoms with Gasteiger partial charge in [0.1, 0.15) is 0 Å². The fraction of sp³-hybridized carbons (Fsp3) is 0.200. The van der Waals surface area contributed by atoms with Gasteiger partial charge in [-0.2, -0.15) is 0 Å². The molecule has 3 rings (SSSR count). The lowest BCUT2D eigenvalue weighted by atomic mass is 10.1. The highest BCUT2D eigenvalue weighted by molar-refractivity contribution is 6.36. The molecule has 0 aromatic heterocycles. The van der Waals surface area contributed by atoms with Crippen molar-refractivity contribution < 1.29 is 0 Å². The van der Waals surface area contributed by atoms with Gasteiger partial charge in [-0.3, -0.25) is 0 Å². The van der Waals surface area contributed by atoms with Gasteiger partial charge in [0.05, 0.1) is 16.8 Å². The van der Waals surface area contributed by atoms with Crippen LogP contribution in [0.25, 0.3) is 0 Å². The van der Waals surface area contributed by atoms with Crippen LogP contribution in [0.1, 0.15) is 23.6 Å². The fourth-order valence-corrected chi connectivity index (χ4v) is 3.04. The third-order valence-electron chi connectivity index (χ3n) is 3.51. The molecular weight excluding hydrogens is 279 g/mol. The van der Waals surface area contributed by atoms with E-state index >= 15 is 0 Å². The number of rotatable bonds is 2. The van der Waals surface area contributed by atoms with E-state index in [0.29, 0.717) is 10.0 Å². The Labute approximate surface area is 122 Å². The Morgan fingerprint density at radius 1 is 1.11 bits per heavy atom. The SMILES string of the molecule is Nc1ccc2c(c1)CCC2Nc1ccc(Cl)cc1Cl. The minimum Gasteiger partial charge on any atom is -0.399 e. The van der Waals surface area contributed by atoms with Gasteiger partial charge in [-0.25, -0.2) is 0 Å². The second-order valence-electron chi connectivity index (χ2n) is 4.82. The summed E-state index contributed by atoms with van der Waals surface area (Å²) >= 11 is 12.1. The molecular formula is C15H14Cl2N2. The molecule has 1 aliphatic rings. The average molecular weight is 293 g/mol. The van der Waals surface area contributed by atoms with E-state index in [1.807, 2.05) is 18.2 Å². The Morgan fingerprint density at radius 3 is 2.74 bits per heavy atom. The molecule has 0 saturated carbocycles. The van der Waals surface area contributed by atoms with Gasteiger partial charge in [0.2, 0.25) is 0 Å². The second kappa shape index (κ2) is 4.95. The number of benzene rings is 2. The zero-order valence-electron chi connectivity index (χ0n) is 10.3. The molecule has 0 spiro atoms. The quantitative estimate of drug-likeness (QED) is 0.789. The van der Waals surface area contributed by atoms with Crippen molar-refractivity contribution in [3.8, 4) is 0 Å². The molecule has 0 amide bonds. The maximum Gasteiger partial charge on any atom is 0.0652 e. The molecule has 2 aromatic rings. The monoisotopic (exact) mass is 292 g/mol. The summed E-state index contributed by atoms with van der Waals surface area (Å²) < 4.78 is 0. The van der Waals surface area contributed by atoms with Crippen LogP contribution in [0.5, 0.6) is 0 Å². The predicted octanol–water partition coefficient (Wildman–Crippen LogP) is 4.68. The summed E-state index contributed by atoms with van der Waals surface area (Å²) in [4.78, 5) is 0. The molecule has 2 nitrogen and oxygen atoms in total. The molecule has 98 valence electrons. The molecule has 19 heavy (non-hydrogen) atoms. The Kier molecular flexibility index (Phi) is 3.29. The van der Waals surface area contributed by atoms with Gasteiger partial charge >= 0.3 is 0 Å². The molecule has 0 saturated heterocycles. The van der Waals surface area contributed by atoms with Crippen LogP contribution in [0.4, 0.5) is 11.4 Å². The minimum absolute atomic E-state index is 0.286. The summed E-state index contributed by atoms with van der Waals surface area (Å²) in [6.07, 6.45) is 2.10. The standard InChI is InChI=1S/C15H14Cl2N2/c16-10-2-6-15(13(17)8-10)19-14-5-1-9-7-11(18)3-4-12(9)14/h2-4,6-8,14,19H,1,5,18H2. The largest absolute Gasteiger partial charge is 0.399 e. The smallest absolute Gasteiger partial charge is 0.0652 e. The summed E-state index contributed by atoms with van der Waals surface area (Å²) in [6.45, 7) is 0. The first kappa shape index (κ1) is 12.6. The van der Waals surface area contributed by atoms with Gasteiger partial charge in [0.25, 0.3) is 0 Å². The zero-order chi connectivity index (χ0) is 13.4. The highest BCUT2D eigenvalue weighted by Crippen LogP contribution is 2.37. The highest BCUT2D eigenvalue weighted by Gasteiger charge is 2.22.